The number of esters is 2. The van der Waals surface area contributed by atoms with Crippen LogP contribution in [-0.4, -0.2) is 145 Å². The summed E-state index contributed by atoms with van der Waals surface area (Å²) in [6.45, 7) is 13.2. The van der Waals surface area contributed by atoms with Crippen molar-refractivity contribution < 1.29 is 66.8 Å². The van der Waals surface area contributed by atoms with Crippen molar-refractivity contribution in [3.8, 4) is 0 Å². The number of fused-ring (bicyclic) bond motifs is 11. The standard InChI is InChI=1S/C64H80O14/c1-35-25-49-52(31-58(66)74-49)73-57-30-51-53(78-63(57,4)32-35)26-37(3)60-48(71-51)19-11-10-18-44-45(75-60)20-12-22-47-46(70-44)21-13-23-56-64(5,77-47)33-55-50(72-56)29-54-61(76-55)43(65)28-40(69-54)24-36(2)34-68-62(67)59-41-16-8-6-14-38(41)27-39-15-7-9-17-42(39)59/h6-12,14-17,22,27,35,37,40,43-57,60-61,65H,2,13,18-21,23-26,28-34H2,1,3-5H3. The number of hydrogen-bond acceptors (Lipinski definition) is 14. The van der Waals surface area contributed by atoms with Gasteiger partial charge in [-0.1, -0.05) is 93.3 Å². The minimum Gasteiger partial charge on any atom is -0.459 e. The van der Waals surface area contributed by atoms with Crippen LogP contribution in [0.25, 0.3) is 21.5 Å². The molecule has 0 radical (unpaired) electrons. The van der Waals surface area contributed by atoms with Gasteiger partial charge in [-0.2, -0.15) is 0 Å². The Bertz CT molecular complexity index is 2720. The number of rotatable bonds is 5. The Hall–Kier alpha value is -4.06. The van der Waals surface area contributed by atoms with Crippen LogP contribution in [0.4, 0.5) is 0 Å². The molecule has 10 aliphatic rings. The molecule has 22 unspecified atom stereocenters. The number of ether oxygens (including phenoxy) is 11. The second-order valence-electron chi connectivity index (χ2n) is 25.4. The smallest absolute Gasteiger partial charge is 0.339 e. The Morgan fingerprint density at radius 1 is 0.654 bits per heavy atom. The highest BCUT2D eigenvalue weighted by Gasteiger charge is 2.57. The van der Waals surface area contributed by atoms with Gasteiger partial charge in [0.2, 0.25) is 0 Å². The van der Waals surface area contributed by atoms with Crippen molar-refractivity contribution in [2.75, 3.05) is 6.61 Å². The maximum Gasteiger partial charge on any atom is 0.339 e. The molecule has 10 heterocycles. The second kappa shape index (κ2) is 21.7. The first-order valence-electron chi connectivity index (χ1n) is 29.6. The van der Waals surface area contributed by atoms with E-state index in [0.29, 0.717) is 50.0 Å². The molecule has 420 valence electrons. The van der Waals surface area contributed by atoms with E-state index in [1.807, 2.05) is 48.5 Å². The average molecular weight is 1070 g/mol. The number of carbonyl (C=O) groups is 2. The number of aliphatic hydroxyl groups excluding tert-OH is 1. The molecule has 14 heteroatoms. The van der Waals surface area contributed by atoms with E-state index in [2.05, 4.69) is 64.6 Å². The van der Waals surface area contributed by atoms with Gasteiger partial charge in [-0.15, -0.1) is 0 Å². The lowest BCUT2D eigenvalue weighted by atomic mass is 9.78. The van der Waals surface area contributed by atoms with E-state index in [-0.39, 0.29) is 123 Å². The van der Waals surface area contributed by atoms with Crippen LogP contribution in [0.5, 0.6) is 0 Å². The largest absolute Gasteiger partial charge is 0.459 e. The highest BCUT2D eigenvalue weighted by molar-refractivity contribution is 6.16. The van der Waals surface area contributed by atoms with Gasteiger partial charge in [0.25, 0.3) is 0 Å². The summed E-state index contributed by atoms with van der Waals surface area (Å²) in [4.78, 5) is 26.2. The highest BCUT2D eigenvalue weighted by atomic mass is 16.6. The maximum absolute atomic E-state index is 13.7. The third-order valence-electron chi connectivity index (χ3n) is 19.4. The first-order chi connectivity index (χ1) is 37.7. The molecule has 14 nitrogen and oxygen atoms in total. The number of hydrogen-bond donors (Lipinski definition) is 1. The van der Waals surface area contributed by atoms with Crippen molar-refractivity contribution >= 4 is 33.5 Å². The summed E-state index contributed by atoms with van der Waals surface area (Å²) in [5.41, 5.74) is 0.117. The van der Waals surface area contributed by atoms with E-state index in [9.17, 15) is 14.7 Å². The van der Waals surface area contributed by atoms with E-state index in [4.69, 9.17) is 52.1 Å². The van der Waals surface area contributed by atoms with Gasteiger partial charge in [0.05, 0.1) is 109 Å². The van der Waals surface area contributed by atoms with Crippen LogP contribution in [0.1, 0.15) is 134 Å². The average Bonchev–Trinajstić information content (AvgIpc) is 3.91. The van der Waals surface area contributed by atoms with Crippen LogP contribution in [-0.2, 0) is 56.9 Å². The molecule has 13 rings (SSSR count). The van der Waals surface area contributed by atoms with Crippen LogP contribution in [0.3, 0.4) is 0 Å². The fourth-order valence-corrected chi connectivity index (χ4v) is 15.7. The zero-order valence-corrected chi connectivity index (χ0v) is 45.8. The SMILES string of the molecule is C=C(COC(=O)c1c2ccccc2cc2ccccc12)CC1CC(O)C2OC3CC4(C)OC5C=CCC6OC7C(C)CC8OC9(C)CC(C)CC%10OC(=O)CC%10OC9CC8OC7CC=CCC6OC5CCCC4OC3CC2O1. The van der Waals surface area contributed by atoms with Gasteiger partial charge in [0, 0.05) is 25.7 Å². The first-order valence-corrected chi connectivity index (χ1v) is 29.6. The summed E-state index contributed by atoms with van der Waals surface area (Å²) in [7, 11) is 0. The van der Waals surface area contributed by atoms with Gasteiger partial charge in [-0.05, 0) is 123 Å². The van der Waals surface area contributed by atoms with Crippen molar-refractivity contribution in [2.24, 2.45) is 11.8 Å². The molecule has 0 aromatic heterocycles. The molecule has 10 aliphatic heterocycles. The molecule has 78 heavy (non-hydrogen) atoms. The van der Waals surface area contributed by atoms with Gasteiger partial charge < -0.3 is 57.2 Å². The number of benzene rings is 3. The zero-order chi connectivity index (χ0) is 53.5. The summed E-state index contributed by atoms with van der Waals surface area (Å²) < 4.78 is 75.0. The predicted octanol–water partition coefficient (Wildman–Crippen LogP) is 9.92. The van der Waals surface area contributed by atoms with E-state index in [1.54, 1.807) is 0 Å². The van der Waals surface area contributed by atoms with Crippen molar-refractivity contribution in [1.29, 1.82) is 0 Å². The normalized spacial score (nSPS) is 44.4. The lowest BCUT2D eigenvalue weighted by Crippen LogP contribution is -2.65. The third-order valence-corrected chi connectivity index (χ3v) is 19.4. The number of carbonyl (C=O) groups excluding carboxylic acids is 2. The topological polar surface area (TPSA) is 156 Å². The van der Waals surface area contributed by atoms with Gasteiger partial charge >= 0.3 is 11.9 Å². The Labute approximate surface area is 458 Å². The van der Waals surface area contributed by atoms with Crippen molar-refractivity contribution in [3.05, 3.63) is 96.6 Å². The fourth-order valence-electron chi connectivity index (χ4n) is 15.7. The zero-order valence-electron chi connectivity index (χ0n) is 45.8. The molecule has 1 N–H and O–H groups in total. The Morgan fingerprint density at radius 2 is 1.35 bits per heavy atom. The Kier molecular flexibility index (Phi) is 14.8. The summed E-state index contributed by atoms with van der Waals surface area (Å²) >= 11 is 0. The molecule has 0 bridgehead atoms. The van der Waals surface area contributed by atoms with Gasteiger partial charge in [0.1, 0.15) is 31.0 Å². The van der Waals surface area contributed by atoms with Gasteiger partial charge in [-0.25, -0.2) is 4.79 Å². The van der Waals surface area contributed by atoms with Gasteiger partial charge in [0.15, 0.2) is 0 Å². The van der Waals surface area contributed by atoms with Gasteiger partial charge in [-0.3, -0.25) is 4.79 Å². The molecule has 3 aromatic carbocycles. The van der Waals surface area contributed by atoms with Crippen LogP contribution in [0.15, 0.2) is 91.1 Å². The minimum atomic E-state index is -0.745. The molecule has 0 saturated carbocycles. The molecule has 8 saturated heterocycles. The van der Waals surface area contributed by atoms with Crippen molar-refractivity contribution in [2.45, 2.75) is 245 Å². The molecule has 0 spiro atoms. The van der Waals surface area contributed by atoms with E-state index < -0.39 is 29.4 Å². The predicted molar refractivity (Wildman–Crippen MR) is 290 cm³/mol. The third kappa shape index (κ3) is 10.5. The lowest BCUT2D eigenvalue weighted by molar-refractivity contribution is -0.316. The fraction of sp³-hybridized carbons (Fsp3) is 0.656. The van der Waals surface area contributed by atoms with Crippen LogP contribution in [0.2, 0.25) is 0 Å². The summed E-state index contributed by atoms with van der Waals surface area (Å²) in [6, 6.07) is 17.9. The van der Waals surface area contributed by atoms with Crippen LogP contribution >= 0.6 is 0 Å². The minimum absolute atomic E-state index is 0.0486. The molecule has 0 amide bonds. The van der Waals surface area contributed by atoms with E-state index in [1.165, 1.54) is 0 Å². The molecule has 3 aromatic rings. The molecular weight excluding hydrogens is 993 g/mol. The first kappa shape index (κ1) is 53.3. The Morgan fingerprint density at radius 3 is 2.15 bits per heavy atom. The quantitative estimate of drug-likeness (QED) is 0.146. The monoisotopic (exact) mass is 1070 g/mol. The molecule has 0 aliphatic carbocycles. The van der Waals surface area contributed by atoms with Crippen molar-refractivity contribution in [1.82, 2.24) is 0 Å². The Balaban J connectivity index is 0.635. The number of aliphatic hydroxyl groups is 1. The summed E-state index contributed by atoms with van der Waals surface area (Å²) in [5.74, 6) is -0.0819. The van der Waals surface area contributed by atoms with Crippen LogP contribution < -0.4 is 0 Å². The summed E-state index contributed by atoms with van der Waals surface area (Å²) in [5, 5.41) is 15.3. The van der Waals surface area contributed by atoms with Crippen LogP contribution in [0, 0.1) is 11.8 Å². The van der Waals surface area contributed by atoms with Crippen molar-refractivity contribution in [3.63, 3.8) is 0 Å². The summed E-state index contributed by atoms with van der Waals surface area (Å²) in [6.07, 6.45) is 14.4. The second-order valence-corrected chi connectivity index (χ2v) is 25.4. The molecule has 22 atom stereocenters. The van der Waals surface area contributed by atoms with E-state index >= 15 is 0 Å². The van der Waals surface area contributed by atoms with E-state index in [0.717, 1.165) is 78.5 Å². The highest BCUT2D eigenvalue weighted by Crippen LogP contribution is 2.49. The maximum atomic E-state index is 13.7. The molecule has 8 fully saturated rings. The molecular formula is C64H80O14. The lowest BCUT2D eigenvalue weighted by Gasteiger charge is -2.55.